The molecule has 0 bridgehead atoms. The molecule has 2 rings (SSSR count). The maximum atomic E-state index is 12.3. The predicted octanol–water partition coefficient (Wildman–Crippen LogP) is 2.80. The number of nitrogens with one attached hydrogen (secondary N) is 2. The molecule has 2 aromatic rings. The zero-order chi connectivity index (χ0) is 19.8. The number of carboxylic acid groups (broad SMARTS) is 1. The Labute approximate surface area is 158 Å². The van der Waals surface area contributed by atoms with Crippen LogP contribution in [0.15, 0.2) is 54.6 Å². The molecule has 142 valence electrons. The lowest BCUT2D eigenvalue weighted by atomic mass is 10.1. The maximum Gasteiger partial charge on any atom is 0.321 e. The number of hydrogen-bond donors (Lipinski definition) is 3. The van der Waals surface area contributed by atoms with Gasteiger partial charge in [0.25, 0.3) is 5.91 Å². The highest BCUT2D eigenvalue weighted by Gasteiger charge is 2.17. The van der Waals surface area contributed by atoms with E-state index < -0.39 is 17.9 Å². The van der Waals surface area contributed by atoms with Gasteiger partial charge in [-0.2, -0.15) is 0 Å². The van der Waals surface area contributed by atoms with Crippen molar-refractivity contribution in [1.82, 2.24) is 10.2 Å². The molecular formula is C20H23N3O4. The van der Waals surface area contributed by atoms with Crippen LogP contribution in [0.4, 0.5) is 10.5 Å². The number of anilines is 1. The van der Waals surface area contributed by atoms with E-state index in [4.69, 9.17) is 5.11 Å². The fraction of sp³-hybridized carbons (Fsp3) is 0.250. The van der Waals surface area contributed by atoms with Gasteiger partial charge in [0.2, 0.25) is 0 Å². The topological polar surface area (TPSA) is 98.7 Å². The highest BCUT2D eigenvalue weighted by atomic mass is 16.4. The number of benzene rings is 2. The SMILES string of the molecule is CC(CN(C)C(=O)Nc1cccc(C(=O)NCc2ccccc2)c1)C(=O)O. The summed E-state index contributed by atoms with van der Waals surface area (Å²) >= 11 is 0. The van der Waals surface area contributed by atoms with Gasteiger partial charge < -0.3 is 20.6 Å². The third-order valence-corrected chi connectivity index (χ3v) is 3.99. The van der Waals surface area contributed by atoms with Crippen LogP contribution in [-0.2, 0) is 11.3 Å². The summed E-state index contributed by atoms with van der Waals surface area (Å²) in [4.78, 5) is 36.7. The summed E-state index contributed by atoms with van der Waals surface area (Å²) in [7, 11) is 1.52. The van der Waals surface area contributed by atoms with Crippen molar-refractivity contribution < 1.29 is 19.5 Å². The van der Waals surface area contributed by atoms with E-state index in [2.05, 4.69) is 10.6 Å². The van der Waals surface area contributed by atoms with Crippen molar-refractivity contribution in [3.8, 4) is 0 Å². The molecule has 0 saturated heterocycles. The van der Waals surface area contributed by atoms with Gasteiger partial charge in [-0.25, -0.2) is 4.79 Å². The molecule has 0 aromatic heterocycles. The van der Waals surface area contributed by atoms with Crippen molar-refractivity contribution in [2.75, 3.05) is 18.9 Å². The summed E-state index contributed by atoms with van der Waals surface area (Å²) in [5.41, 5.74) is 1.87. The van der Waals surface area contributed by atoms with Crippen LogP contribution in [0.2, 0.25) is 0 Å². The van der Waals surface area contributed by atoms with Gasteiger partial charge in [-0.05, 0) is 23.8 Å². The van der Waals surface area contributed by atoms with Crippen LogP contribution in [0.3, 0.4) is 0 Å². The van der Waals surface area contributed by atoms with Gasteiger partial charge in [0.1, 0.15) is 0 Å². The van der Waals surface area contributed by atoms with E-state index in [0.29, 0.717) is 17.8 Å². The van der Waals surface area contributed by atoms with Gasteiger partial charge in [-0.1, -0.05) is 43.3 Å². The number of urea groups is 1. The zero-order valence-corrected chi connectivity index (χ0v) is 15.3. The first-order chi connectivity index (χ1) is 12.9. The van der Waals surface area contributed by atoms with E-state index in [1.807, 2.05) is 30.3 Å². The number of carboxylic acids is 1. The molecule has 0 aliphatic heterocycles. The van der Waals surface area contributed by atoms with Crippen LogP contribution in [-0.4, -0.2) is 41.5 Å². The van der Waals surface area contributed by atoms with E-state index in [-0.39, 0.29) is 12.5 Å². The van der Waals surface area contributed by atoms with Crippen molar-refractivity contribution in [2.45, 2.75) is 13.5 Å². The Bertz CT molecular complexity index is 808. The fourth-order valence-corrected chi connectivity index (χ4v) is 2.41. The monoisotopic (exact) mass is 369 g/mol. The van der Waals surface area contributed by atoms with Crippen LogP contribution in [0.5, 0.6) is 0 Å². The second-order valence-electron chi connectivity index (χ2n) is 6.30. The molecule has 27 heavy (non-hydrogen) atoms. The Balaban J connectivity index is 1.94. The Kier molecular flexibility index (Phi) is 6.93. The summed E-state index contributed by atoms with van der Waals surface area (Å²) in [5.74, 6) is -1.88. The van der Waals surface area contributed by atoms with Gasteiger partial charge in [0.15, 0.2) is 0 Å². The molecule has 0 aliphatic carbocycles. The number of carbonyl (C=O) groups excluding carboxylic acids is 2. The number of rotatable bonds is 7. The number of amides is 3. The number of aliphatic carboxylic acids is 1. The Morgan fingerprint density at radius 2 is 1.78 bits per heavy atom. The summed E-state index contributed by atoms with van der Waals surface area (Å²) in [5, 5.41) is 14.4. The normalized spacial score (nSPS) is 11.3. The molecular weight excluding hydrogens is 346 g/mol. The second kappa shape index (κ2) is 9.38. The minimum atomic E-state index is -0.966. The molecule has 1 unspecified atom stereocenters. The third-order valence-electron chi connectivity index (χ3n) is 3.99. The zero-order valence-electron chi connectivity index (χ0n) is 15.3. The van der Waals surface area contributed by atoms with Crippen molar-refractivity contribution in [3.05, 3.63) is 65.7 Å². The first-order valence-corrected chi connectivity index (χ1v) is 8.54. The molecule has 0 aliphatic rings. The summed E-state index contributed by atoms with van der Waals surface area (Å²) in [6.45, 7) is 2.02. The average molecular weight is 369 g/mol. The quantitative estimate of drug-likeness (QED) is 0.699. The number of hydrogen-bond acceptors (Lipinski definition) is 3. The van der Waals surface area contributed by atoms with Gasteiger partial charge >= 0.3 is 12.0 Å². The van der Waals surface area contributed by atoms with E-state index in [0.717, 1.165) is 5.56 Å². The highest BCUT2D eigenvalue weighted by molar-refractivity contribution is 5.96. The minimum Gasteiger partial charge on any atom is -0.481 e. The maximum absolute atomic E-state index is 12.3. The lowest BCUT2D eigenvalue weighted by Gasteiger charge is -2.20. The van der Waals surface area contributed by atoms with Crippen molar-refractivity contribution >= 4 is 23.6 Å². The smallest absolute Gasteiger partial charge is 0.321 e. The van der Waals surface area contributed by atoms with Crippen molar-refractivity contribution in [2.24, 2.45) is 5.92 Å². The molecule has 0 fully saturated rings. The molecule has 0 spiro atoms. The molecule has 1 atom stereocenters. The molecule has 3 N–H and O–H groups in total. The number of nitrogens with zero attached hydrogens (tertiary/aromatic N) is 1. The van der Waals surface area contributed by atoms with Crippen molar-refractivity contribution in [1.29, 1.82) is 0 Å². The van der Waals surface area contributed by atoms with Crippen molar-refractivity contribution in [3.63, 3.8) is 0 Å². The molecule has 0 radical (unpaired) electrons. The van der Waals surface area contributed by atoms with E-state index in [1.165, 1.54) is 18.9 Å². The molecule has 0 saturated carbocycles. The summed E-state index contributed by atoms with van der Waals surface area (Å²) < 4.78 is 0. The van der Waals surface area contributed by atoms with Crippen LogP contribution in [0.1, 0.15) is 22.8 Å². The van der Waals surface area contributed by atoms with E-state index in [9.17, 15) is 14.4 Å². The van der Waals surface area contributed by atoms with Crippen LogP contribution in [0, 0.1) is 5.92 Å². The number of carbonyl (C=O) groups is 3. The van der Waals surface area contributed by atoms with Gasteiger partial charge in [-0.15, -0.1) is 0 Å². The average Bonchev–Trinajstić information content (AvgIpc) is 2.66. The highest BCUT2D eigenvalue weighted by Crippen LogP contribution is 2.12. The Hall–Kier alpha value is -3.35. The first kappa shape index (κ1) is 20.0. The van der Waals surface area contributed by atoms with Gasteiger partial charge in [0.05, 0.1) is 5.92 Å². The van der Waals surface area contributed by atoms with E-state index in [1.54, 1.807) is 24.3 Å². The Morgan fingerprint density at radius 3 is 2.44 bits per heavy atom. The van der Waals surface area contributed by atoms with Crippen LogP contribution < -0.4 is 10.6 Å². The van der Waals surface area contributed by atoms with Gasteiger partial charge in [0, 0.05) is 31.4 Å². The first-order valence-electron chi connectivity index (χ1n) is 8.54. The Morgan fingerprint density at radius 1 is 1.07 bits per heavy atom. The molecule has 7 heteroatoms. The standard InChI is InChI=1S/C20H23N3O4/c1-14(19(25)26)13-23(2)20(27)22-17-10-6-9-16(11-17)18(24)21-12-15-7-4-3-5-8-15/h3-11,14H,12-13H2,1-2H3,(H,21,24)(H,22,27)(H,25,26). The molecule has 0 heterocycles. The fourth-order valence-electron chi connectivity index (χ4n) is 2.41. The van der Waals surface area contributed by atoms with Crippen LogP contribution in [0.25, 0.3) is 0 Å². The third kappa shape index (κ3) is 6.14. The largest absolute Gasteiger partial charge is 0.481 e. The molecule has 3 amide bonds. The van der Waals surface area contributed by atoms with Crippen LogP contribution >= 0.6 is 0 Å². The van der Waals surface area contributed by atoms with Gasteiger partial charge in [-0.3, -0.25) is 9.59 Å². The molecule has 2 aromatic carbocycles. The minimum absolute atomic E-state index is 0.0818. The van der Waals surface area contributed by atoms with E-state index >= 15 is 0 Å². The summed E-state index contributed by atoms with van der Waals surface area (Å²) in [6.07, 6.45) is 0. The molecule has 7 nitrogen and oxygen atoms in total. The summed E-state index contributed by atoms with van der Waals surface area (Å²) in [6, 6.07) is 15.7. The predicted molar refractivity (Wildman–Crippen MR) is 103 cm³/mol. The lowest BCUT2D eigenvalue weighted by Crippen LogP contribution is -2.36. The lowest BCUT2D eigenvalue weighted by molar-refractivity contribution is -0.141. The second-order valence-corrected chi connectivity index (χ2v) is 6.30.